The lowest BCUT2D eigenvalue weighted by Gasteiger charge is -2.42. The summed E-state index contributed by atoms with van der Waals surface area (Å²) in [6.45, 7) is 0.646. The molecule has 3 amide bonds. The number of hydrogen-bond donors (Lipinski definition) is 2. The highest BCUT2D eigenvalue weighted by atomic mass is 19.4. The second kappa shape index (κ2) is 13.0. The fourth-order valence-corrected chi connectivity index (χ4v) is 6.58. The number of halogens is 7. The average molecular weight is 680 g/mol. The summed E-state index contributed by atoms with van der Waals surface area (Å²) in [6, 6.07) is 18.5. The summed E-state index contributed by atoms with van der Waals surface area (Å²) in [4.78, 5) is 53.7. The maximum Gasteiger partial charge on any atom is 0.490 e. The van der Waals surface area contributed by atoms with Gasteiger partial charge < -0.3 is 10.0 Å². The highest BCUT2D eigenvalue weighted by Crippen LogP contribution is 2.52. The molecule has 3 fully saturated rings. The zero-order chi connectivity index (χ0) is 35.0. The summed E-state index contributed by atoms with van der Waals surface area (Å²) in [5.41, 5.74) is -0.380. The van der Waals surface area contributed by atoms with Gasteiger partial charge in [0.2, 0.25) is 17.7 Å². The number of carboxylic acid groups (broad SMARTS) is 1. The third kappa shape index (κ3) is 6.77. The van der Waals surface area contributed by atoms with Crippen LogP contribution in [0.3, 0.4) is 0 Å². The first-order valence-electron chi connectivity index (χ1n) is 14.7. The molecule has 3 aliphatic rings. The minimum Gasteiger partial charge on any atom is -0.475 e. The molecule has 48 heavy (non-hydrogen) atoms. The molecule has 0 aliphatic carbocycles. The van der Waals surface area contributed by atoms with E-state index in [1.165, 1.54) is 29.2 Å². The number of carboxylic acids is 1. The van der Waals surface area contributed by atoms with Crippen molar-refractivity contribution in [3.8, 4) is 0 Å². The van der Waals surface area contributed by atoms with Crippen LogP contribution in [0.5, 0.6) is 0 Å². The molecule has 6 rings (SSSR count). The van der Waals surface area contributed by atoms with Crippen LogP contribution in [0.1, 0.15) is 41.1 Å². The number of hydrogen-bond acceptors (Lipinski definition) is 5. The molecule has 4 atom stereocenters. The normalized spacial score (nSPS) is 24.1. The highest BCUT2D eigenvalue weighted by molar-refractivity contribution is 6.10. The fraction of sp³-hybridized carbons (Fsp3) is 0.333. The number of benzene rings is 3. The number of nitrogens with one attached hydrogen (secondary N) is 1. The van der Waals surface area contributed by atoms with E-state index < -0.39 is 64.9 Å². The molecule has 3 aromatic rings. The number of alkyl halides is 6. The molecule has 0 radical (unpaired) electrons. The van der Waals surface area contributed by atoms with Gasteiger partial charge >= 0.3 is 18.3 Å². The summed E-state index contributed by atoms with van der Waals surface area (Å²) in [5.74, 6) is -6.41. The minimum atomic E-state index is -5.08. The minimum absolute atomic E-state index is 0.0365. The van der Waals surface area contributed by atoms with Crippen molar-refractivity contribution in [1.82, 2.24) is 15.1 Å². The molecule has 0 aromatic heterocycles. The Morgan fingerprint density at radius 1 is 0.833 bits per heavy atom. The smallest absolute Gasteiger partial charge is 0.475 e. The zero-order valence-corrected chi connectivity index (χ0v) is 24.9. The third-order valence-electron chi connectivity index (χ3n) is 8.72. The van der Waals surface area contributed by atoms with Crippen LogP contribution < -0.4 is 5.32 Å². The largest absolute Gasteiger partial charge is 0.490 e. The Balaban J connectivity index is 0.000000582. The van der Waals surface area contributed by atoms with Crippen molar-refractivity contribution in [3.63, 3.8) is 0 Å². The SMILES string of the molecule is O=C(O)C(F)(F)F.O=C1[C@H]2[C@@H](c3ccc(C(F)(F)F)cc3)N[C@]3(CCCN(Cc4ccc(F)cc4)C3=O)[C@H]2C(=O)N1Cc1ccccc1. The maximum absolute atomic E-state index is 14.2. The Bertz CT molecular complexity index is 1680. The molecule has 3 heterocycles. The molecule has 3 aromatic carbocycles. The van der Waals surface area contributed by atoms with Crippen LogP contribution in [0, 0.1) is 17.7 Å². The first-order chi connectivity index (χ1) is 22.5. The molecule has 2 N–H and O–H groups in total. The summed E-state index contributed by atoms with van der Waals surface area (Å²) in [7, 11) is 0. The summed E-state index contributed by atoms with van der Waals surface area (Å²) in [6.07, 6.45) is -8.78. The van der Waals surface area contributed by atoms with Gasteiger partial charge in [-0.15, -0.1) is 0 Å². The number of carbonyl (C=O) groups is 4. The molecule has 0 unspecified atom stereocenters. The molecular formula is C33H28F7N3O5. The number of rotatable bonds is 5. The number of piperidine rings is 1. The number of amides is 3. The van der Waals surface area contributed by atoms with Gasteiger partial charge in [0.05, 0.1) is 23.9 Å². The van der Waals surface area contributed by atoms with Gasteiger partial charge in [0.1, 0.15) is 11.4 Å². The van der Waals surface area contributed by atoms with Crippen LogP contribution in [0.15, 0.2) is 78.9 Å². The molecule has 1 spiro atoms. The molecule has 3 saturated heterocycles. The van der Waals surface area contributed by atoms with Crippen molar-refractivity contribution in [1.29, 1.82) is 0 Å². The number of likely N-dealkylation sites (tertiary alicyclic amines) is 2. The fourth-order valence-electron chi connectivity index (χ4n) is 6.58. The van der Waals surface area contributed by atoms with E-state index in [1.807, 2.05) is 6.07 Å². The van der Waals surface area contributed by atoms with Gasteiger partial charge in [0, 0.05) is 19.1 Å². The van der Waals surface area contributed by atoms with E-state index >= 15 is 0 Å². The standard InChI is InChI=1S/C31H27F4N3O3.C2HF3O2/c32-23-13-7-20(8-14-23)17-37-16-4-15-30(29(37)41)25-24(26(36-30)21-9-11-22(12-10-21)31(33,34)35)27(39)38(28(25)40)18-19-5-2-1-3-6-19;3-2(4,5)1(6)7/h1-3,5-14,24-26,36H,4,15-18H2;(H,6,7)/t24-,25-,26-,30-;/m1./s1. The molecule has 254 valence electrons. The van der Waals surface area contributed by atoms with E-state index in [2.05, 4.69) is 5.32 Å². The van der Waals surface area contributed by atoms with E-state index in [0.29, 0.717) is 30.5 Å². The highest BCUT2D eigenvalue weighted by Gasteiger charge is 2.69. The van der Waals surface area contributed by atoms with Crippen molar-refractivity contribution in [3.05, 3.63) is 107 Å². The monoisotopic (exact) mass is 679 g/mol. The lowest BCUT2D eigenvalue weighted by Crippen LogP contribution is -2.63. The van der Waals surface area contributed by atoms with E-state index in [1.54, 1.807) is 41.3 Å². The zero-order valence-electron chi connectivity index (χ0n) is 24.9. The van der Waals surface area contributed by atoms with E-state index in [-0.39, 0.29) is 19.0 Å². The predicted octanol–water partition coefficient (Wildman–Crippen LogP) is 5.48. The number of nitrogens with zero attached hydrogens (tertiary/aromatic N) is 2. The first-order valence-corrected chi connectivity index (χ1v) is 14.7. The van der Waals surface area contributed by atoms with Crippen LogP contribution >= 0.6 is 0 Å². The van der Waals surface area contributed by atoms with E-state index in [0.717, 1.165) is 17.7 Å². The van der Waals surface area contributed by atoms with Crippen LogP contribution in [-0.2, 0) is 38.4 Å². The summed E-state index contributed by atoms with van der Waals surface area (Å²) >= 11 is 0. The van der Waals surface area contributed by atoms with Crippen LogP contribution in [0.25, 0.3) is 0 Å². The van der Waals surface area contributed by atoms with Crippen LogP contribution in [0.2, 0.25) is 0 Å². The number of imide groups is 1. The van der Waals surface area contributed by atoms with E-state index in [4.69, 9.17) is 9.90 Å². The van der Waals surface area contributed by atoms with Gasteiger partial charge in [-0.3, -0.25) is 24.6 Å². The third-order valence-corrected chi connectivity index (χ3v) is 8.72. The van der Waals surface area contributed by atoms with Crippen molar-refractivity contribution in [2.45, 2.75) is 49.9 Å². The molecule has 3 aliphatic heterocycles. The summed E-state index contributed by atoms with van der Waals surface area (Å²) in [5, 5.41) is 10.4. The van der Waals surface area contributed by atoms with Gasteiger partial charge in [-0.2, -0.15) is 26.3 Å². The number of fused-ring (bicyclic) bond motifs is 2. The van der Waals surface area contributed by atoms with Crippen molar-refractivity contribution in [2.75, 3.05) is 6.54 Å². The number of carbonyl (C=O) groups excluding carboxylic acids is 3. The molecule has 0 bridgehead atoms. The Hall–Kier alpha value is -4.79. The predicted molar refractivity (Wildman–Crippen MR) is 154 cm³/mol. The van der Waals surface area contributed by atoms with Crippen LogP contribution in [0.4, 0.5) is 30.7 Å². The first kappa shape index (κ1) is 34.5. The van der Waals surface area contributed by atoms with Gasteiger partial charge in [-0.05, 0) is 53.8 Å². The Morgan fingerprint density at radius 3 is 1.98 bits per heavy atom. The molecule has 15 heteroatoms. The molecular weight excluding hydrogens is 651 g/mol. The molecule has 0 saturated carbocycles. The van der Waals surface area contributed by atoms with Gasteiger partial charge in [-0.1, -0.05) is 54.6 Å². The lowest BCUT2D eigenvalue weighted by molar-refractivity contribution is -0.192. The van der Waals surface area contributed by atoms with Crippen molar-refractivity contribution < 1.29 is 55.0 Å². The van der Waals surface area contributed by atoms with Crippen molar-refractivity contribution >= 4 is 23.7 Å². The topological polar surface area (TPSA) is 107 Å². The van der Waals surface area contributed by atoms with E-state index in [9.17, 15) is 45.1 Å². The number of aliphatic carboxylic acids is 1. The Morgan fingerprint density at radius 2 is 1.42 bits per heavy atom. The Labute approximate surface area is 269 Å². The van der Waals surface area contributed by atoms with Gasteiger partial charge in [-0.25, -0.2) is 9.18 Å². The van der Waals surface area contributed by atoms with Gasteiger partial charge in [0.25, 0.3) is 0 Å². The maximum atomic E-state index is 14.2. The Kier molecular flexibility index (Phi) is 9.37. The lowest BCUT2D eigenvalue weighted by atomic mass is 9.74. The summed E-state index contributed by atoms with van der Waals surface area (Å²) < 4.78 is 85.0. The molecule has 8 nitrogen and oxygen atoms in total. The average Bonchev–Trinajstić information content (AvgIpc) is 3.50. The second-order valence-electron chi connectivity index (χ2n) is 11.7. The second-order valence-corrected chi connectivity index (χ2v) is 11.7. The quantitative estimate of drug-likeness (QED) is 0.273. The van der Waals surface area contributed by atoms with Crippen molar-refractivity contribution in [2.24, 2.45) is 11.8 Å². The van der Waals surface area contributed by atoms with Gasteiger partial charge in [0.15, 0.2) is 0 Å². The van der Waals surface area contributed by atoms with Crippen LogP contribution in [-0.4, -0.2) is 56.9 Å².